The van der Waals surface area contributed by atoms with Crippen molar-refractivity contribution < 1.29 is 0 Å². The topological polar surface area (TPSA) is 6.48 Å². The summed E-state index contributed by atoms with van der Waals surface area (Å²) in [6.07, 6.45) is 5.64. The van der Waals surface area contributed by atoms with Crippen molar-refractivity contribution in [2.75, 3.05) is 26.2 Å². The summed E-state index contributed by atoms with van der Waals surface area (Å²) in [5.74, 6) is 0. The molecular formula is C10H15B2N2. The molecule has 0 spiro atoms. The third kappa shape index (κ3) is 2.81. The van der Waals surface area contributed by atoms with Gasteiger partial charge in [0.1, 0.15) is 7.31 Å². The predicted molar refractivity (Wildman–Crippen MR) is 63.1 cm³/mol. The zero-order valence-corrected chi connectivity index (χ0v) is 8.52. The molecule has 0 N–H and O–H groups in total. The van der Waals surface area contributed by atoms with Crippen LogP contribution in [-0.2, 0) is 0 Å². The molecule has 4 heteroatoms. The van der Waals surface area contributed by atoms with Crippen molar-refractivity contribution in [3.8, 4) is 0 Å². The van der Waals surface area contributed by atoms with Crippen molar-refractivity contribution in [2.24, 2.45) is 0 Å². The quantitative estimate of drug-likeness (QED) is 0.466. The molecule has 3 radical (unpaired) electrons. The van der Waals surface area contributed by atoms with Crippen LogP contribution in [-0.4, -0.2) is 50.9 Å². The van der Waals surface area contributed by atoms with Gasteiger partial charge in [0.2, 0.25) is 0 Å². The Morgan fingerprint density at radius 2 is 1.86 bits per heavy atom. The second-order valence-electron chi connectivity index (χ2n) is 3.20. The van der Waals surface area contributed by atoms with Gasteiger partial charge < -0.3 is 9.71 Å². The number of hydrogen-bond acceptors (Lipinski definition) is 2. The first-order valence-electron chi connectivity index (χ1n) is 4.81. The van der Waals surface area contributed by atoms with Crippen LogP contribution in [0.5, 0.6) is 0 Å². The first-order chi connectivity index (χ1) is 6.81. The normalized spacial score (nSPS) is 19.1. The zero-order chi connectivity index (χ0) is 10.4. The second kappa shape index (κ2) is 5.76. The molecule has 0 aromatic rings. The minimum atomic E-state index is 0.971. The first kappa shape index (κ1) is 11.2. The van der Waals surface area contributed by atoms with Crippen LogP contribution in [0.2, 0.25) is 0 Å². The van der Waals surface area contributed by atoms with Gasteiger partial charge in [-0.25, -0.2) is 0 Å². The van der Waals surface area contributed by atoms with E-state index in [9.17, 15) is 0 Å². The molecule has 1 aliphatic heterocycles. The van der Waals surface area contributed by atoms with Gasteiger partial charge in [0.15, 0.2) is 0 Å². The van der Waals surface area contributed by atoms with Gasteiger partial charge in [0.05, 0.1) is 0 Å². The van der Waals surface area contributed by atoms with E-state index in [-0.39, 0.29) is 0 Å². The van der Waals surface area contributed by atoms with Crippen LogP contribution in [0.1, 0.15) is 0 Å². The minimum Gasteiger partial charge on any atom is -0.369 e. The Labute approximate surface area is 88.6 Å². The Balaban J connectivity index is 2.51. The van der Waals surface area contributed by atoms with Crippen molar-refractivity contribution in [1.82, 2.24) is 9.71 Å². The molecule has 0 saturated carbocycles. The van der Waals surface area contributed by atoms with Crippen molar-refractivity contribution in [1.29, 1.82) is 0 Å². The maximum Gasteiger partial charge on any atom is 0.149 e. The molecule has 0 bridgehead atoms. The van der Waals surface area contributed by atoms with Crippen molar-refractivity contribution in [3.63, 3.8) is 0 Å². The Hall–Kier alpha value is -0.890. The molecule has 14 heavy (non-hydrogen) atoms. The summed E-state index contributed by atoms with van der Waals surface area (Å²) >= 11 is 0. The number of hydrogen-bond donors (Lipinski definition) is 0. The molecule has 71 valence electrons. The Morgan fingerprint density at radius 1 is 1.21 bits per heavy atom. The lowest BCUT2D eigenvalue weighted by Crippen LogP contribution is -2.47. The maximum atomic E-state index is 5.45. The fourth-order valence-electron chi connectivity index (χ4n) is 1.55. The van der Waals surface area contributed by atoms with Gasteiger partial charge in [0, 0.05) is 39.6 Å². The van der Waals surface area contributed by atoms with E-state index in [2.05, 4.69) is 22.9 Å². The van der Waals surface area contributed by atoms with E-state index in [1.165, 1.54) is 0 Å². The Bertz CT molecular complexity index is 230. The van der Waals surface area contributed by atoms with Gasteiger partial charge in [-0.3, -0.25) is 0 Å². The molecule has 0 aliphatic carbocycles. The summed E-state index contributed by atoms with van der Waals surface area (Å²) in [6.45, 7) is 11.4. The fourth-order valence-corrected chi connectivity index (χ4v) is 1.55. The largest absolute Gasteiger partial charge is 0.369 e. The summed E-state index contributed by atoms with van der Waals surface area (Å²) < 4.78 is 0. The first-order valence-corrected chi connectivity index (χ1v) is 4.81. The van der Waals surface area contributed by atoms with Gasteiger partial charge in [-0.2, -0.15) is 0 Å². The lowest BCUT2D eigenvalue weighted by atomic mass is 9.65. The molecule has 0 aromatic heterocycles. The Morgan fingerprint density at radius 3 is 2.29 bits per heavy atom. The van der Waals surface area contributed by atoms with Crippen LogP contribution >= 0.6 is 0 Å². The average molecular weight is 185 g/mol. The molecule has 1 rings (SSSR count). The van der Waals surface area contributed by atoms with E-state index < -0.39 is 0 Å². The molecule has 1 fully saturated rings. The molecule has 0 amide bonds. The van der Waals surface area contributed by atoms with Crippen LogP contribution < -0.4 is 0 Å². The van der Waals surface area contributed by atoms with E-state index >= 15 is 0 Å². The van der Waals surface area contributed by atoms with Crippen molar-refractivity contribution in [2.45, 2.75) is 0 Å². The predicted octanol–water partition coefficient (Wildman–Crippen LogP) is 0.563. The lowest BCUT2D eigenvalue weighted by molar-refractivity contribution is 0.238. The molecule has 1 saturated heterocycles. The molecule has 1 heterocycles. The highest BCUT2D eigenvalue weighted by atomic mass is 15.2. The molecule has 0 aromatic carbocycles. The van der Waals surface area contributed by atoms with Gasteiger partial charge in [0.25, 0.3) is 0 Å². The van der Waals surface area contributed by atoms with Gasteiger partial charge >= 0.3 is 0 Å². The number of allylic oxidation sites excluding steroid dienone is 3. The van der Waals surface area contributed by atoms with Crippen LogP contribution in [0.15, 0.2) is 37.1 Å². The monoisotopic (exact) mass is 185 g/mol. The summed E-state index contributed by atoms with van der Waals surface area (Å²) in [6, 6.07) is 0. The van der Waals surface area contributed by atoms with Gasteiger partial charge in [-0.05, 0) is 12.2 Å². The summed E-state index contributed by atoms with van der Waals surface area (Å²) in [5, 5.41) is 0. The number of nitrogens with zero attached hydrogens (tertiary/aromatic N) is 2. The third-order valence-corrected chi connectivity index (χ3v) is 2.39. The maximum absolute atomic E-state index is 5.45. The highest BCUT2D eigenvalue weighted by molar-refractivity contribution is 6.87. The molecule has 0 unspecified atom stereocenters. The number of piperazine rings is 1. The summed E-state index contributed by atoms with van der Waals surface area (Å²) in [5.41, 5.74) is 1.14. The van der Waals surface area contributed by atoms with Crippen LogP contribution in [0.25, 0.3) is 0 Å². The smallest absolute Gasteiger partial charge is 0.149 e. The number of rotatable bonds is 4. The molecule has 1 aliphatic rings. The van der Waals surface area contributed by atoms with Crippen LogP contribution in [0, 0.1) is 0 Å². The highest BCUT2D eigenvalue weighted by Gasteiger charge is 2.15. The van der Waals surface area contributed by atoms with Crippen LogP contribution in [0.3, 0.4) is 0 Å². The highest BCUT2D eigenvalue weighted by Crippen LogP contribution is 2.09. The SMILES string of the molecule is [B][B]N1CCN(/C(C=C)=C/C=C)CC1. The van der Waals surface area contributed by atoms with Crippen LogP contribution in [0.4, 0.5) is 0 Å². The van der Waals surface area contributed by atoms with E-state index in [0.29, 0.717) is 0 Å². The van der Waals surface area contributed by atoms with Gasteiger partial charge in [-0.15, -0.1) is 0 Å². The molecule has 0 atom stereocenters. The third-order valence-electron chi connectivity index (χ3n) is 2.39. The average Bonchev–Trinajstić information content (AvgIpc) is 2.26. The minimum absolute atomic E-state index is 0.971. The lowest BCUT2D eigenvalue weighted by Gasteiger charge is -2.36. The fraction of sp³-hybridized carbons (Fsp3) is 0.400. The van der Waals surface area contributed by atoms with E-state index in [4.69, 9.17) is 7.74 Å². The van der Waals surface area contributed by atoms with Crippen molar-refractivity contribution in [3.05, 3.63) is 37.1 Å². The summed E-state index contributed by atoms with van der Waals surface area (Å²) in [7, 11) is 7.10. The molecular weight excluding hydrogens is 170 g/mol. The second-order valence-corrected chi connectivity index (χ2v) is 3.20. The standard InChI is InChI=1S/C10H15B2N2/c1-3-5-10(4-2)13-6-8-14(12-11)9-7-13/h3-5H,1-2,6-9H2/b10-5+. The van der Waals surface area contributed by atoms with E-state index in [1.54, 1.807) is 13.4 Å². The van der Waals surface area contributed by atoms with Crippen molar-refractivity contribution >= 4 is 15.0 Å². The zero-order valence-electron chi connectivity index (χ0n) is 8.52. The van der Waals surface area contributed by atoms with E-state index in [1.807, 2.05) is 12.2 Å². The summed E-state index contributed by atoms with van der Waals surface area (Å²) in [4.78, 5) is 4.40. The molecule has 2 nitrogen and oxygen atoms in total. The van der Waals surface area contributed by atoms with E-state index in [0.717, 1.165) is 31.9 Å². The Kier molecular flexibility index (Phi) is 4.60. The van der Waals surface area contributed by atoms with Gasteiger partial charge in [-0.1, -0.05) is 19.2 Å².